The van der Waals surface area contributed by atoms with Crippen molar-refractivity contribution < 1.29 is 14.3 Å². The Morgan fingerprint density at radius 2 is 1.76 bits per heavy atom. The number of carbonyl (C=O) groups excluding carboxylic acids is 1. The molecule has 3 rings (SSSR count). The van der Waals surface area contributed by atoms with Crippen molar-refractivity contribution >= 4 is 17.7 Å². The van der Waals surface area contributed by atoms with Gasteiger partial charge in [-0.2, -0.15) is 10.5 Å². The topological polar surface area (TPSA) is 117 Å². The zero-order valence-corrected chi connectivity index (χ0v) is 20.5. The summed E-state index contributed by atoms with van der Waals surface area (Å²) in [4.78, 5) is 14.4. The van der Waals surface area contributed by atoms with Crippen LogP contribution < -0.4 is 9.47 Å². The number of thioether (sulfide) groups is 1. The average molecular weight is 483 g/mol. The first-order valence-electron chi connectivity index (χ1n) is 11.4. The van der Waals surface area contributed by atoms with Crippen LogP contribution in [-0.2, 0) is 4.79 Å². The molecule has 0 unspecified atom stereocenters. The zero-order valence-electron chi connectivity index (χ0n) is 19.7. The minimum atomic E-state index is -0.110. The van der Waals surface area contributed by atoms with Gasteiger partial charge in [-0.1, -0.05) is 31.0 Å². The number of hydrogen-bond acceptors (Lipinski definition) is 8. The van der Waals surface area contributed by atoms with Crippen LogP contribution in [0.5, 0.6) is 11.5 Å². The molecule has 1 heterocycles. The minimum Gasteiger partial charge on any atom is -0.493 e. The lowest BCUT2D eigenvalue weighted by molar-refractivity contribution is -0.128. The van der Waals surface area contributed by atoms with Gasteiger partial charge in [0.15, 0.2) is 22.5 Å². The Morgan fingerprint density at radius 1 is 1.09 bits per heavy atom. The Bertz CT molecular complexity index is 1030. The fourth-order valence-electron chi connectivity index (χ4n) is 4.16. The third kappa shape index (κ3) is 6.21. The summed E-state index contributed by atoms with van der Waals surface area (Å²) >= 11 is 1.35. The van der Waals surface area contributed by atoms with Crippen molar-refractivity contribution in [1.82, 2.24) is 19.7 Å². The van der Waals surface area contributed by atoms with Crippen molar-refractivity contribution in [3.05, 3.63) is 18.2 Å². The standard InChI is InChI=1S/C24H30N6O3S/c1-32-20-11-10-18(16-21(20)33-2)23-27-28-24(30(23)19-8-4-3-5-9-19)34-17-22(31)29(14-6-12-25)15-7-13-26/h10-11,16,19H,3-9,14-15,17H2,1-2H3. The van der Waals surface area contributed by atoms with E-state index in [9.17, 15) is 4.79 Å². The number of benzene rings is 1. The van der Waals surface area contributed by atoms with E-state index in [0.717, 1.165) is 37.1 Å². The molecule has 0 saturated heterocycles. The van der Waals surface area contributed by atoms with Gasteiger partial charge in [0.2, 0.25) is 5.91 Å². The molecule has 1 amide bonds. The van der Waals surface area contributed by atoms with Gasteiger partial charge in [-0.15, -0.1) is 10.2 Å². The van der Waals surface area contributed by atoms with Crippen LogP contribution in [0.1, 0.15) is 51.0 Å². The predicted molar refractivity (Wildman–Crippen MR) is 128 cm³/mol. The molecule has 10 heteroatoms. The van der Waals surface area contributed by atoms with Gasteiger partial charge in [0, 0.05) is 24.7 Å². The number of amides is 1. The molecule has 2 aromatic rings. The van der Waals surface area contributed by atoms with Crippen LogP contribution >= 0.6 is 11.8 Å². The van der Waals surface area contributed by atoms with Crippen LogP contribution in [0.15, 0.2) is 23.4 Å². The Morgan fingerprint density at radius 3 is 2.38 bits per heavy atom. The number of hydrogen-bond donors (Lipinski definition) is 0. The largest absolute Gasteiger partial charge is 0.493 e. The fourth-order valence-corrected chi connectivity index (χ4v) is 5.07. The van der Waals surface area contributed by atoms with Gasteiger partial charge in [-0.3, -0.25) is 9.36 Å². The second kappa shape index (κ2) is 12.9. The lowest BCUT2D eigenvalue weighted by Crippen LogP contribution is -2.34. The number of rotatable bonds is 11. The molecule has 34 heavy (non-hydrogen) atoms. The van der Waals surface area contributed by atoms with E-state index in [1.807, 2.05) is 18.2 Å². The summed E-state index contributed by atoms with van der Waals surface area (Å²) in [6, 6.07) is 10.1. The quantitative estimate of drug-likeness (QED) is 0.437. The highest BCUT2D eigenvalue weighted by Crippen LogP contribution is 2.38. The summed E-state index contributed by atoms with van der Waals surface area (Å²) in [7, 11) is 3.20. The van der Waals surface area contributed by atoms with Crippen LogP contribution in [0.4, 0.5) is 0 Å². The molecule has 180 valence electrons. The summed E-state index contributed by atoms with van der Waals surface area (Å²) in [6.07, 6.45) is 6.07. The fraction of sp³-hybridized carbons (Fsp3) is 0.542. The maximum Gasteiger partial charge on any atom is 0.233 e. The highest BCUT2D eigenvalue weighted by Gasteiger charge is 2.25. The summed E-state index contributed by atoms with van der Waals surface area (Å²) in [5, 5.41) is 27.4. The molecule has 1 fully saturated rings. The SMILES string of the molecule is COc1ccc(-c2nnc(SCC(=O)N(CCC#N)CCC#N)n2C2CCCCC2)cc1OC. The third-order valence-corrected chi connectivity index (χ3v) is 6.84. The summed E-state index contributed by atoms with van der Waals surface area (Å²) in [5.41, 5.74) is 0.874. The van der Waals surface area contributed by atoms with Crippen molar-refractivity contribution in [3.8, 4) is 35.0 Å². The van der Waals surface area contributed by atoms with Crippen molar-refractivity contribution in [2.75, 3.05) is 33.1 Å². The maximum atomic E-state index is 12.8. The molecule has 0 atom stereocenters. The normalized spacial score (nSPS) is 13.6. The number of nitrogens with zero attached hydrogens (tertiary/aromatic N) is 6. The van der Waals surface area contributed by atoms with Gasteiger partial charge >= 0.3 is 0 Å². The van der Waals surface area contributed by atoms with Gasteiger partial charge in [-0.05, 0) is 31.0 Å². The molecule has 1 aromatic heterocycles. The number of methoxy groups -OCH3 is 2. The molecule has 0 N–H and O–H groups in total. The first-order chi connectivity index (χ1) is 16.6. The molecule has 0 bridgehead atoms. The van der Waals surface area contributed by atoms with E-state index in [2.05, 4.69) is 26.9 Å². The van der Waals surface area contributed by atoms with E-state index >= 15 is 0 Å². The molecule has 0 aliphatic heterocycles. The predicted octanol–water partition coefficient (Wildman–Crippen LogP) is 4.22. The zero-order chi connectivity index (χ0) is 24.3. The van der Waals surface area contributed by atoms with Crippen LogP contribution in [0.25, 0.3) is 11.4 Å². The molecule has 0 spiro atoms. The van der Waals surface area contributed by atoms with E-state index in [1.54, 1.807) is 19.1 Å². The minimum absolute atomic E-state index is 0.110. The van der Waals surface area contributed by atoms with Crippen LogP contribution in [-0.4, -0.2) is 58.6 Å². The van der Waals surface area contributed by atoms with Crippen molar-refractivity contribution in [2.45, 2.75) is 56.1 Å². The molecule has 1 aliphatic carbocycles. The van der Waals surface area contributed by atoms with E-state index in [4.69, 9.17) is 20.0 Å². The molecule has 1 aromatic carbocycles. The molecule has 0 radical (unpaired) electrons. The average Bonchev–Trinajstić information content (AvgIpc) is 3.31. The van der Waals surface area contributed by atoms with Gasteiger partial charge in [0.05, 0.1) is 45.0 Å². The second-order valence-electron chi connectivity index (χ2n) is 8.02. The third-order valence-electron chi connectivity index (χ3n) is 5.91. The van der Waals surface area contributed by atoms with Gasteiger partial charge in [-0.25, -0.2) is 0 Å². The van der Waals surface area contributed by atoms with E-state index in [0.29, 0.717) is 29.7 Å². The Kier molecular flexibility index (Phi) is 9.60. The lowest BCUT2D eigenvalue weighted by Gasteiger charge is -2.26. The lowest BCUT2D eigenvalue weighted by atomic mass is 9.95. The van der Waals surface area contributed by atoms with E-state index in [1.165, 1.54) is 18.2 Å². The smallest absolute Gasteiger partial charge is 0.233 e. The first kappa shape index (κ1) is 25.4. The second-order valence-corrected chi connectivity index (χ2v) is 8.97. The van der Waals surface area contributed by atoms with Gasteiger partial charge in [0.1, 0.15) is 0 Å². The van der Waals surface area contributed by atoms with Crippen LogP contribution in [0.3, 0.4) is 0 Å². The molecule has 1 aliphatic rings. The Balaban J connectivity index is 1.86. The summed E-state index contributed by atoms with van der Waals surface area (Å²) in [6.45, 7) is 0.646. The number of nitriles is 2. The summed E-state index contributed by atoms with van der Waals surface area (Å²) in [5.74, 6) is 2.07. The molecular formula is C24H30N6O3S. The highest BCUT2D eigenvalue weighted by molar-refractivity contribution is 7.99. The van der Waals surface area contributed by atoms with E-state index in [-0.39, 0.29) is 30.5 Å². The number of carbonyl (C=O) groups is 1. The molecule has 9 nitrogen and oxygen atoms in total. The van der Waals surface area contributed by atoms with Crippen LogP contribution in [0, 0.1) is 22.7 Å². The number of ether oxygens (including phenoxy) is 2. The molecule has 1 saturated carbocycles. The van der Waals surface area contributed by atoms with Gasteiger partial charge < -0.3 is 14.4 Å². The molecular weight excluding hydrogens is 452 g/mol. The van der Waals surface area contributed by atoms with Gasteiger partial charge in [0.25, 0.3) is 0 Å². The Hall–Kier alpha value is -3.24. The van der Waals surface area contributed by atoms with Crippen molar-refractivity contribution in [2.24, 2.45) is 0 Å². The highest BCUT2D eigenvalue weighted by atomic mass is 32.2. The Labute approximate surface area is 204 Å². The monoisotopic (exact) mass is 482 g/mol. The summed E-state index contributed by atoms with van der Waals surface area (Å²) < 4.78 is 13.0. The maximum absolute atomic E-state index is 12.8. The van der Waals surface area contributed by atoms with Crippen molar-refractivity contribution in [1.29, 1.82) is 10.5 Å². The number of aromatic nitrogens is 3. The first-order valence-corrected chi connectivity index (χ1v) is 12.4. The van der Waals surface area contributed by atoms with Crippen molar-refractivity contribution in [3.63, 3.8) is 0 Å². The van der Waals surface area contributed by atoms with Crippen LogP contribution in [0.2, 0.25) is 0 Å². The van der Waals surface area contributed by atoms with E-state index < -0.39 is 0 Å².